The Kier molecular flexibility index (Phi) is 4.11. The van der Waals surface area contributed by atoms with E-state index in [1.807, 2.05) is 6.92 Å². The van der Waals surface area contributed by atoms with Gasteiger partial charge in [0.25, 0.3) is 0 Å². The van der Waals surface area contributed by atoms with E-state index < -0.39 is 0 Å². The molecule has 0 atom stereocenters. The van der Waals surface area contributed by atoms with E-state index in [1.165, 1.54) is 0 Å². The van der Waals surface area contributed by atoms with Crippen molar-refractivity contribution in [3.05, 3.63) is 11.8 Å². The minimum atomic E-state index is -0.0988. The van der Waals surface area contributed by atoms with E-state index >= 15 is 0 Å². The number of aryl methyl sites for hydroxylation is 1. The molecule has 0 aromatic carbocycles. The molecule has 1 amide bonds. The molecule has 0 radical (unpaired) electrons. The van der Waals surface area contributed by atoms with Gasteiger partial charge in [0.1, 0.15) is 12.4 Å². The van der Waals surface area contributed by atoms with Gasteiger partial charge >= 0.3 is 0 Å². The maximum atomic E-state index is 11.4. The molecule has 15 heavy (non-hydrogen) atoms. The van der Waals surface area contributed by atoms with Gasteiger partial charge in [-0.05, 0) is 6.92 Å². The van der Waals surface area contributed by atoms with Gasteiger partial charge in [-0.2, -0.15) is 5.10 Å². The van der Waals surface area contributed by atoms with Crippen molar-refractivity contribution in [2.75, 3.05) is 26.0 Å². The zero-order valence-corrected chi connectivity index (χ0v) is 8.99. The second-order valence-corrected chi connectivity index (χ2v) is 3.21. The Bertz CT molecular complexity index is 335. The number of hydrogen-bond acceptors (Lipinski definition) is 4. The normalized spacial score (nSPS) is 10.3. The van der Waals surface area contributed by atoms with E-state index in [2.05, 4.69) is 10.4 Å². The molecule has 84 valence electrons. The zero-order valence-electron chi connectivity index (χ0n) is 8.99. The fraction of sp³-hybridized carbons (Fsp3) is 0.556. The lowest BCUT2D eigenvalue weighted by atomic mass is 10.4. The molecule has 6 heteroatoms. The summed E-state index contributed by atoms with van der Waals surface area (Å²) in [4.78, 5) is 11.4. The minimum Gasteiger partial charge on any atom is -0.383 e. The van der Waals surface area contributed by atoms with Gasteiger partial charge in [0, 0.05) is 25.4 Å². The first-order chi connectivity index (χ1) is 7.13. The molecule has 0 saturated heterocycles. The van der Waals surface area contributed by atoms with Crippen molar-refractivity contribution in [2.45, 2.75) is 13.5 Å². The lowest BCUT2D eigenvalue weighted by Gasteiger charge is -2.05. The molecule has 1 aromatic rings. The number of aromatic nitrogens is 2. The van der Waals surface area contributed by atoms with Crippen LogP contribution in [0.3, 0.4) is 0 Å². The molecule has 0 unspecified atom stereocenters. The monoisotopic (exact) mass is 212 g/mol. The SMILES string of the molecule is COCCNC(=O)Cn1nc(N)cc1C. The van der Waals surface area contributed by atoms with Crippen molar-refractivity contribution in [1.29, 1.82) is 0 Å². The number of amides is 1. The first-order valence-corrected chi connectivity index (χ1v) is 4.69. The van der Waals surface area contributed by atoms with Crippen LogP contribution in [0, 0.1) is 6.92 Å². The lowest BCUT2D eigenvalue weighted by Crippen LogP contribution is -2.30. The van der Waals surface area contributed by atoms with Crippen LogP contribution in [0.1, 0.15) is 5.69 Å². The van der Waals surface area contributed by atoms with Crippen LogP contribution in [0.25, 0.3) is 0 Å². The van der Waals surface area contributed by atoms with Crippen molar-refractivity contribution in [3.8, 4) is 0 Å². The van der Waals surface area contributed by atoms with Crippen LogP contribution in [0.2, 0.25) is 0 Å². The molecule has 0 spiro atoms. The smallest absolute Gasteiger partial charge is 0.241 e. The molecule has 6 nitrogen and oxygen atoms in total. The number of nitrogens with two attached hydrogens (primary N) is 1. The number of carbonyl (C=O) groups excluding carboxylic acids is 1. The Balaban J connectivity index is 2.41. The van der Waals surface area contributed by atoms with Gasteiger partial charge < -0.3 is 15.8 Å². The number of anilines is 1. The van der Waals surface area contributed by atoms with Gasteiger partial charge in [0.05, 0.1) is 6.61 Å². The van der Waals surface area contributed by atoms with E-state index in [4.69, 9.17) is 10.5 Å². The number of nitrogens with one attached hydrogen (secondary N) is 1. The summed E-state index contributed by atoms with van der Waals surface area (Å²) in [6.07, 6.45) is 0. The predicted molar refractivity (Wildman–Crippen MR) is 56.3 cm³/mol. The molecule has 0 aliphatic heterocycles. The number of ether oxygens (including phenoxy) is 1. The molecular weight excluding hydrogens is 196 g/mol. The molecule has 0 aliphatic rings. The number of nitrogens with zero attached hydrogens (tertiary/aromatic N) is 2. The number of nitrogen functional groups attached to an aromatic ring is 1. The summed E-state index contributed by atoms with van der Waals surface area (Å²) >= 11 is 0. The third-order valence-corrected chi connectivity index (χ3v) is 1.92. The highest BCUT2D eigenvalue weighted by atomic mass is 16.5. The second kappa shape index (κ2) is 5.35. The van der Waals surface area contributed by atoms with Crippen molar-refractivity contribution < 1.29 is 9.53 Å². The number of carbonyl (C=O) groups is 1. The highest BCUT2D eigenvalue weighted by molar-refractivity contribution is 5.75. The van der Waals surface area contributed by atoms with Crippen molar-refractivity contribution in [1.82, 2.24) is 15.1 Å². The van der Waals surface area contributed by atoms with Crippen LogP contribution >= 0.6 is 0 Å². The maximum Gasteiger partial charge on any atom is 0.241 e. The lowest BCUT2D eigenvalue weighted by molar-refractivity contribution is -0.122. The molecule has 0 saturated carbocycles. The van der Waals surface area contributed by atoms with Crippen LogP contribution in [-0.2, 0) is 16.1 Å². The van der Waals surface area contributed by atoms with Crippen LogP contribution in [0.4, 0.5) is 5.82 Å². The Hall–Kier alpha value is -1.56. The van der Waals surface area contributed by atoms with Crippen LogP contribution < -0.4 is 11.1 Å². The van der Waals surface area contributed by atoms with Gasteiger partial charge in [-0.15, -0.1) is 0 Å². The average Bonchev–Trinajstić information content (AvgIpc) is 2.45. The van der Waals surface area contributed by atoms with Crippen LogP contribution in [0.5, 0.6) is 0 Å². The summed E-state index contributed by atoms with van der Waals surface area (Å²) in [5.74, 6) is 0.329. The standard InChI is InChI=1S/C9H16N4O2/c1-7-5-8(10)12-13(7)6-9(14)11-3-4-15-2/h5H,3-4,6H2,1-2H3,(H2,10,12)(H,11,14). The molecule has 1 rings (SSSR count). The predicted octanol–water partition coefficient (Wildman–Crippen LogP) is -0.464. The number of methoxy groups -OCH3 is 1. The topological polar surface area (TPSA) is 82.2 Å². The summed E-state index contributed by atoms with van der Waals surface area (Å²) in [6.45, 7) is 3.05. The molecule has 0 fully saturated rings. The van der Waals surface area contributed by atoms with Crippen molar-refractivity contribution in [3.63, 3.8) is 0 Å². The fourth-order valence-electron chi connectivity index (χ4n) is 1.18. The summed E-state index contributed by atoms with van der Waals surface area (Å²) in [5.41, 5.74) is 6.36. The molecule has 1 heterocycles. The van der Waals surface area contributed by atoms with E-state index in [-0.39, 0.29) is 12.5 Å². The molecular formula is C9H16N4O2. The molecule has 1 aromatic heterocycles. The highest BCUT2D eigenvalue weighted by Crippen LogP contribution is 2.03. The van der Waals surface area contributed by atoms with E-state index in [1.54, 1.807) is 17.9 Å². The van der Waals surface area contributed by atoms with Crippen molar-refractivity contribution in [2.24, 2.45) is 0 Å². The first kappa shape index (κ1) is 11.5. The Morgan fingerprint density at radius 2 is 2.47 bits per heavy atom. The Morgan fingerprint density at radius 1 is 1.73 bits per heavy atom. The summed E-state index contributed by atoms with van der Waals surface area (Å²) in [6, 6.07) is 1.72. The first-order valence-electron chi connectivity index (χ1n) is 4.69. The molecule has 0 aliphatic carbocycles. The fourth-order valence-corrected chi connectivity index (χ4v) is 1.18. The Morgan fingerprint density at radius 3 is 3.00 bits per heavy atom. The zero-order chi connectivity index (χ0) is 11.3. The highest BCUT2D eigenvalue weighted by Gasteiger charge is 2.06. The quantitative estimate of drug-likeness (QED) is 0.647. The average molecular weight is 212 g/mol. The van der Waals surface area contributed by atoms with E-state index in [9.17, 15) is 4.79 Å². The maximum absolute atomic E-state index is 11.4. The van der Waals surface area contributed by atoms with E-state index in [0.29, 0.717) is 19.0 Å². The second-order valence-electron chi connectivity index (χ2n) is 3.21. The number of rotatable bonds is 5. The van der Waals surface area contributed by atoms with Gasteiger partial charge in [-0.25, -0.2) is 0 Å². The third-order valence-electron chi connectivity index (χ3n) is 1.92. The molecule has 0 bridgehead atoms. The summed E-state index contributed by atoms with van der Waals surface area (Å²) in [7, 11) is 1.59. The molecule has 3 N–H and O–H groups in total. The van der Waals surface area contributed by atoms with Crippen molar-refractivity contribution >= 4 is 11.7 Å². The summed E-state index contributed by atoms with van der Waals surface area (Å²) < 4.78 is 6.38. The summed E-state index contributed by atoms with van der Waals surface area (Å²) in [5, 5.41) is 6.68. The van der Waals surface area contributed by atoms with Crippen LogP contribution in [0.15, 0.2) is 6.07 Å². The van der Waals surface area contributed by atoms with Gasteiger partial charge in [0.2, 0.25) is 5.91 Å². The van der Waals surface area contributed by atoms with Gasteiger partial charge in [0.15, 0.2) is 0 Å². The number of hydrogen-bond donors (Lipinski definition) is 2. The Labute approximate surface area is 88.4 Å². The van der Waals surface area contributed by atoms with Gasteiger partial charge in [-0.3, -0.25) is 9.48 Å². The minimum absolute atomic E-state index is 0.0988. The van der Waals surface area contributed by atoms with Crippen LogP contribution in [-0.4, -0.2) is 35.9 Å². The van der Waals surface area contributed by atoms with E-state index in [0.717, 1.165) is 5.69 Å². The third kappa shape index (κ3) is 3.59. The largest absolute Gasteiger partial charge is 0.383 e. The van der Waals surface area contributed by atoms with Gasteiger partial charge in [-0.1, -0.05) is 0 Å².